The average molecular weight is 469 g/mol. The molecule has 0 N–H and O–H groups in total. The fourth-order valence-corrected chi connectivity index (χ4v) is 4.75. The van der Waals surface area contributed by atoms with Crippen LogP contribution in [0.4, 0.5) is 13.2 Å². The molecule has 6 rings (SSSR count). The quantitative estimate of drug-likeness (QED) is 0.566. The third-order valence-corrected chi connectivity index (χ3v) is 6.35. The van der Waals surface area contributed by atoms with Gasteiger partial charge in [-0.1, -0.05) is 0 Å². The second-order valence-electron chi connectivity index (χ2n) is 8.72. The van der Waals surface area contributed by atoms with Crippen molar-refractivity contribution >= 4 is 5.91 Å². The molecule has 1 saturated carbocycles. The van der Waals surface area contributed by atoms with Crippen LogP contribution in [0.1, 0.15) is 40.7 Å². The summed E-state index contributed by atoms with van der Waals surface area (Å²) in [5, 5.41) is 0. The number of carbonyl (C=O) groups is 1. The molecular weight excluding hydrogens is 447 g/mol. The zero-order valence-electron chi connectivity index (χ0n) is 18.4. The van der Waals surface area contributed by atoms with Crippen molar-refractivity contribution in [3.63, 3.8) is 0 Å². The van der Waals surface area contributed by atoms with Crippen LogP contribution in [-0.4, -0.2) is 49.4 Å². The van der Waals surface area contributed by atoms with Gasteiger partial charge in [0.15, 0.2) is 5.82 Å². The van der Waals surface area contributed by atoms with Crippen molar-refractivity contribution in [3.05, 3.63) is 65.7 Å². The van der Waals surface area contributed by atoms with Crippen LogP contribution < -0.4 is 4.74 Å². The Morgan fingerprint density at radius 1 is 1.09 bits per heavy atom. The number of halogens is 3. The number of aryl methyl sites for hydroxylation is 1. The van der Waals surface area contributed by atoms with Crippen molar-refractivity contribution in [1.82, 2.24) is 24.8 Å². The maximum Gasteiger partial charge on any atom is 0.417 e. The van der Waals surface area contributed by atoms with Crippen molar-refractivity contribution in [1.29, 1.82) is 0 Å². The van der Waals surface area contributed by atoms with Crippen LogP contribution in [0.3, 0.4) is 0 Å². The second-order valence-corrected chi connectivity index (χ2v) is 8.72. The minimum Gasteiger partial charge on any atom is -0.472 e. The summed E-state index contributed by atoms with van der Waals surface area (Å²) in [6.45, 7) is 2.46. The van der Waals surface area contributed by atoms with E-state index in [0.717, 1.165) is 37.1 Å². The first kappa shape index (κ1) is 22.2. The first-order valence-electron chi connectivity index (χ1n) is 11.0. The highest BCUT2D eigenvalue weighted by atomic mass is 19.4. The maximum absolute atomic E-state index is 13.7. The summed E-state index contributed by atoms with van der Waals surface area (Å²) in [5.74, 6) is 0.549. The Kier molecular flexibility index (Phi) is 5.66. The van der Waals surface area contributed by atoms with Gasteiger partial charge in [0.05, 0.1) is 17.2 Å². The predicted molar refractivity (Wildman–Crippen MR) is 116 cm³/mol. The lowest BCUT2D eigenvalue weighted by Gasteiger charge is -2.49. The number of alkyl halides is 3. The summed E-state index contributed by atoms with van der Waals surface area (Å²) in [6.07, 6.45) is 3.27. The summed E-state index contributed by atoms with van der Waals surface area (Å²) in [4.78, 5) is 32.3. The number of aromatic nitrogens is 4. The molecule has 3 fully saturated rings. The summed E-state index contributed by atoms with van der Waals surface area (Å²) >= 11 is 0. The zero-order chi connectivity index (χ0) is 23.9. The van der Waals surface area contributed by atoms with Crippen LogP contribution in [0.15, 0.2) is 49.1 Å². The molecule has 3 aliphatic rings. The predicted octanol–water partition coefficient (Wildman–Crippen LogP) is 4.33. The topological polar surface area (TPSA) is 81.1 Å². The molecule has 0 spiro atoms. The molecular formula is C24H22F3N5O2. The van der Waals surface area contributed by atoms with Crippen molar-refractivity contribution in [2.75, 3.05) is 6.54 Å². The highest BCUT2D eigenvalue weighted by molar-refractivity contribution is 5.99. The van der Waals surface area contributed by atoms with Gasteiger partial charge in [-0.2, -0.15) is 13.2 Å². The van der Waals surface area contributed by atoms with Gasteiger partial charge in [0, 0.05) is 37.4 Å². The molecule has 3 aromatic rings. The summed E-state index contributed by atoms with van der Waals surface area (Å²) in [5.41, 5.74) is 0.848. The van der Waals surface area contributed by atoms with Crippen LogP contribution >= 0.6 is 0 Å². The van der Waals surface area contributed by atoms with Gasteiger partial charge >= 0.3 is 6.18 Å². The van der Waals surface area contributed by atoms with E-state index < -0.39 is 11.7 Å². The van der Waals surface area contributed by atoms with E-state index in [9.17, 15) is 18.0 Å². The van der Waals surface area contributed by atoms with Crippen LogP contribution in [0.25, 0.3) is 11.5 Å². The van der Waals surface area contributed by atoms with Gasteiger partial charge in [-0.15, -0.1) is 0 Å². The number of rotatable bonds is 4. The van der Waals surface area contributed by atoms with Gasteiger partial charge in [-0.3, -0.25) is 9.78 Å². The van der Waals surface area contributed by atoms with E-state index in [1.807, 2.05) is 6.92 Å². The molecule has 2 bridgehead atoms. The van der Waals surface area contributed by atoms with E-state index in [4.69, 9.17) is 4.74 Å². The Morgan fingerprint density at radius 2 is 1.88 bits per heavy atom. The summed E-state index contributed by atoms with van der Waals surface area (Å²) in [6, 6.07) is 5.45. The number of amides is 1. The fourth-order valence-electron chi connectivity index (χ4n) is 4.75. The van der Waals surface area contributed by atoms with Crippen molar-refractivity contribution in [2.45, 2.75) is 44.5 Å². The standard InChI is InChI=1S/C24H22F3N5O2/c1-14-9-17(21(31-11-14)22-28-7-2-8-29-22)23(33)32-13-15-3-5-18(32)19(10-15)34-20-6-4-16(12-30-20)24(25,26)27/h2,4,6-9,11-12,15,18-19H,3,5,10,13H2,1H3/t15-,18+,19-/m1/s1. The number of piperidine rings is 2. The number of nitrogens with zero attached hydrogens (tertiary/aromatic N) is 5. The summed E-state index contributed by atoms with van der Waals surface area (Å²) in [7, 11) is 0. The van der Waals surface area contributed by atoms with Gasteiger partial charge in [-0.05, 0) is 55.9 Å². The molecule has 2 saturated heterocycles. The van der Waals surface area contributed by atoms with Crippen molar-refractivity contribution < 1.29 is 22.7 Å². The maximum atomic E-state index is 13.7. The second kappa shape index (κ2) is 8.66. The molecule has 0 aromatic carbocycles. The molecule has 0 unspecified atom stereocenters. The largest absolute Gasteiger partial charge is 0.472 e. The normalized spacial score (nSPS) is 22.0. The Hall–Kier alpha value is -3.56. The molecule has 7 nitrogen and oxygen atoms in total. The molecule has 3 aromatic heterocycles. The van der Waals surface area contributed by atoms with Gasteiger partial charge in [0.25, 0.3) is 5.91 Å². The highest BCUT2D eigenvalue weighted by Gasteiger charge is 2.45. The molecule has 1 aliphatic carbocycles. The van der Waals surface area contributed by atoms with E-state index in [2.05, 4.69) is 19.9 Å². The Labute approximate surface area is 194 Å². The van der Waals surface area contributed by atoms with Crippen molar-refractivity contribution in [3.8, 4) is 17.4 Å². The lowest BCUT2D eigenvalue weighted by molar-refractivity contribution is -0.137. The number of hydrogen-bond donors (Lipinski definition) is 0. The molecule has 0 radical (unpaired) electrons. The summed E-state index contributed by atoms with van der Waals surface area (Å²) < 4.78 is 44.5. The molecule has 176 valence electrons. The number of hydrogen-bond acceptors (Lipinski definition) is 6. The van der Waals surface area contributed by atoms with E-state index >= 15 is 0 Å². The van der Waals surface area contributed by atoms with Crippen LogP contribution in [0, 0.1) is 12.8 Å². The monoisotopic (exact) mass is 469 g/mol. The first-order chi connectivity index (χ1) is 16.3. The minimum absolute atomic E-state index is 0.119. The van der Waals surface area contributed by atoms with E-state index in [1.165, 1.54) is 6.07 Å². The molecule has 10 heteroatoms. The molecule has 5 heterocycles. The number of carbonyl (C=O) groups excluding carboxylic acids is 1. The SMILES string of the molecule is Cc1cnc(-c2ncccn2)c(C(=O)N2C[C@@H]3CC[C@H]2[C@H](Oc2ccc(C(F)(F)F)cn2)C3)c1. The third kappa shape index (κ3) is 4.32. The smallest absolute Gasteiger partial charge is 0.417 e. The molecule has 2 aliphatic heterocycles. The third-order valence-electron chi connectivity index (χ3n) is 6.35. The van der Waals surface area contributed by atoms with E-state index in [-0.39, 0.29) is 29.9 Å². The lowest BCUT2D eigenvalue weighted by atomic mass is 9.77. The Morgan fingerprint density at radius 3 is 2.56 bits per heavy atom. The van der Waals surface area contributed by atoms with Gasteiger partial charge in [0.1, 0.15) is 11.8 Å². The van der Waals surface area contributed by atoms with Crippen LogP contribution in [0.5, 0.6) is 5.88 Å². The van der Waals surface area contributed by atoms with Crippen LogP contribution in [0.2, 0.25) is 0 Å². The number of fused-ring (bicyclic) bond motifs is 3. The average Bonchev–Trinajstić information content (AvgIpc) is 2.84. The van der Waals surface area contributed by atoms with E-state index in [0.29, 0.717) is 23.6 Å². The fraction of sp³-hybridized carbons (Fsp3) is 0.375. The number of pyridine rings is 2. The lowest BCUT2D eigenvalue weighted by Crippen LogP contribution is -2.59. The Balaban J connectivity index is 1.40. The van der Waals surface area contributed by atoms with Crippen LogP contribution in [-0.2, 0) is 6.18 Å². The molecule has 1 amide bonds. The van der Waals surface area contributed by atoms with Crippen molar-refractivity contribution in [2.24, 2.45) is 5.92 Å². The first-order valence-corrected chi connectivity index (χ1v) is 11.0. The molecule has 3 atom stereocenters. The zero-order valence-corrected chi connectivity index (χ0v) is 18.4. The van der Waals surface area contributed by atoms with Gasteiger partial charge in [-0.25, -0.2) is 15.0 Å². The van der Waals surface area contributed by atoms with Gasteiger partial charge in [0.2, 0.25) is 5.88 Å². The molecule has 34 heavy (non-hydrogen) atoms. The van der Waals surface area contributed by atoms with E-state index in [1.54, 1.807) is 35.6 Å². The Bertz CT molecular complexity index is 1190. The highest BCUT2D eigenvalue weighted by Crippen LogP contribution is 2.39. The number of ether oxygens (including phenoxy) is 1. The minimum atomic E-state index is -4.46. The van der Waals surface area contributed by atoms with Gasteiger partial charge < -0.3 is 9.64 Å².